The van der Waals surface area contributed by atoms with Crippen molar-refractivity contribution in [1.82, 2.24) is 9.80 Å². The second-order valence-corrected chi connectivity index (χ2v) is 8.85. The van der Waals surface area contributed by atoms with Crippen LogP contribution >= 0.6 is 0 Å². The first kappa shape index (κ1) is 24.6. The lowest BCUT2D eigenvalue weighted by Crippen LogP contribution is -2.32. The standard InChI is InChI=1S/C27H32N2O6/c1-6-14-34-20-11-8-17(15-22(20)33-5)24-23-25(30)19-10-9-18(32-4)16-21(19)35-26(23)27(31)29(24)13-7-12-28(2)3/h8-11,15-16,24H,6-7,12-14H2,1-5H3. The average molecular weight is 481 g/mol. The summed E-state index contributed by atoms with van der Waals surface area (Å²) in [4.78, 5) is 31.0. The van der Waals surface area contributed by atoms with E-state index in [0.717, 1.165) is 24.9 Å². The average Bonchev–Trinajstić information content (AvgIpc) is 3.13. The summed E-state index contributed by atoms with van der Waals surface area (Å²) in [5.41, 5.74) is 1.23. The Morgan fingerprint density at radius 2 is 1.83 bits per heavy atom. The summed E-state index contributed by atoms with van der Waals surface area (Å²) in [6.45, 7) is 3.88. The van der Waals surface area contributed by atoms with Gasteiger partial charge in [-0.25, -0.2) is 0 Å². The van der Waals surface area contributed by atoms with Gasteiger partial charge in [0.25, 0.3) is 5.91 Å². The molecule has 1 atom stereocenters. The predicted octanol–water partition coefficient (Wildman–Crippen LogP) is 4.10. The largest absolute Gasteiger partial charge is 0.497 e. The van der Waals surface area contributed by atoms with E-state index in [9.17, 15) is 9.59 Å². The minimum atomic E-state index is -0.587. The van der Waals surface area contributed by atoms with Crippen LogP contribution in [0.3, 0.4) is 0 Å². The fraction of sp³-hybridized carbons (Fsp3) is 0.407. The maximum Gasteiger partial charge on any atom is 0.290 e. The Hall–Kier alpha value is -3.52. The minimum Gasteiger partial charge on any atom is -0.497 e. The van der Waals surface area contributed by atoms with Crippen molar-refractivity contribution in [2.75, 3.05) is 48.0 Å². The van der Waals surface area contributed by atoms with Crippen LogP contribution in [0, 0.1) is 0 Å². The highest BCUT2D eigenvalue weighted by molar-refractivity contribution is 5.99. The lowest BCUT2D eigenvalue weighted by atomic mass is 9.98. The van der Waals surface area contributed by atoms with Crippen LogP contribution in [0.5, 0.6) is 17.2 Å². The van der Waals surface area contributed by atoms with Gasteiger partial charge in [-0.1, -0.05) is 13.0 Å². The Kier molecular flexibility index (Phi) is 7.31. The van der Waals surface area contributed by atoms with Gasteiger partial charge in [-0.2, -0.15) is 0 Å². The van der Waals surface area contributed by atoms with Crippen molar-refractivity contribution >= 4 is 16.9 Å². The fourth-order valence-corrected chi connectivity index (χ4v) is 4.45. The molecule has 1 aromatic heterocycles. The fourth-order valence-electron chi connectivity index (χ4n) is 4.45. The molecule has 186 valence electrons. The number of nitrogens with zero attached hydrogens (tertiary/aromatic N) is 2. The molecule has 35 heavy (non-hydrogen) atoms. The second kappa shape index (κ2) is 10.4. The van der Waals surface area contributed by atoms with Crippen LogP contribution in [0.15, 0.2) is 45.6 Å². The van der Waals surface area contributed by atoms with Crippen molar-refractivity contribution in [2.45, 2.75) is 25.8 Å². The van der Waals surface area contributed by atoms with Crippen LogP contribution in [-0.4, -0.2) is 63.7 Å². The summed E-state index contributed by atoms with van der Waals surface area (Å²) in [5, 5.41) is 0.410. The number of methoxy groups -OCH3 is 2. The molecule has 0 bridgehead atoms. The zero-order valence-corrected chi connectivity index (χ0v) is 20.9. The van der Waals surface area contributed by atoms with E-state index in [0.29, 0.717) is 46.9 Å². The molecule has 0 aliphatic carbocycles. The molecule has 3 aromatic rings. The predicted molar refractivity (Wildman–Crippen MR) is 134 cm³/mol. The second-order valence-electron chi connectivity index (χ2n) is 8.85. The van der Waals surface area contributed by atoms with Crippen LogP contribution < -0.4 is 19.6 Å². The SMILES string of the molecule is CCCOc1ccc(C2c3c(oc4cc(OC)ccc4c3=O)C(=O)N2CCCN(C)C)cc1OC. The van der Waals surface area contributed by atoms with Crippen LogP contribution in [0.25, 0.3) is 11.0 Å². The van der Waals surface area contributed by atoms with Gasteiger partial charge in [0.1, 0.15) is 11.3 Å². The summed E-state index contributed by atoms with van der Waals surface area (Å²) in [5.74, 6) is 1.52. The topological polar surface area (TPSA) is 81.5 Å². The first-order chi connectivity index (χ1) is 16.9. The Bertz CT molecular complexity index is 1280. The summed E-state index contributed by atoms with van der Waals surface area (Å²) in [7, 11) is 7.10. The van der Waals surface area contributed by atoms with Gasteiger partial charge in [0.15, 0.2) is 16.9 Å². The molecule has 1 aliphatic rings. The number of hydrogen-bond acceptors (Lipinski definition) is 7. The molecule has 0 N–H and O–H groups in total. The molecular weight excluding hydrogens is 448 g/mol. The van der Waals surface area contributed by atoms with Gasteiger partial charge in [-0.15, -0.1) is 0 Å². The maximum atomic E-state index is 13.7. The molecule has 8 heteroatoms. The third-order valence-corrected chi connectivity index (χ3v) is 6.14. The van der Waals surface area contributed by atoms with Crippen LogP contribution in [-0.2, 0) is 0 Å². The third-order valence-electron chi connectivity index (χ3n) is 6.14. The molecule has 1 unspecified atom stereocenters. The van der Waals surface area contributed by atoms with Crippen molar-refractivity contribution in [3.05, 3.63) is 63.5 Å². The van der Waals surface area contributed by atoms with E-state index in [2.05, 4.69) is 4.90 Å². The van der Waals surface area contributed by atoms with Gasteiger partial charge >= 0.3 is 0 Å². The lowest BCUT2D eigenvalue weighted by molar-refractivity contribution is 0.0722. The molecule has 1 amide bonds. The van der Waals surface area contributed by atoms with E-state index < -0.39 is 6.04 Å². The van der Waals surface area contributed by atoms with Gasteiger partial charge < -0.3 is 28.4 Å². The van der Waals surface area contributed by atoms with Gasteiger partial charge in [0, 0.05) is 12.6 Å². The molecule has 8 nitrogen and oxygen atoms in total. The van der Waals surface area contributed by atoms with Crippen molar-refractivity contribution in [1.29, 1.82) is 0 Å². The van der Waals surface area contributed by atoms with Crippen LogP contribution in [0.1, 0.15) is 47.5 Å². The van der Waals surface area contributed by atoms with E-state index in [1.165, 1.54) is 0 Å². The number of ether oxygens (including phenoxy) is 3. The maximum absolute atomic E-state index is 13.7. The molecule has 0 saturated carbocycles. The molecule has 0 radical (unpaired) electrons. The molecule has 0 saturated heterocycles. The van der Waals surface area contributed by atoms with Gasteiger partial charge in [0.2, 0.25) is 5.76 Å². The highest BCUT2D eigenvalue weighted by Crippen LogP contribution is 2.41. The number of carbonyl (C=O) groups is 1. The number of fused-ring (bicyclic) bond motifs is 2. The number of benzene rings is 2. The molecule has 0 fully saturated rings. The first-order valence-electron chi connectivity index (χ1n) is 11.8. The van der Waals surface area contributed by atoms with Gasteiger partial charge in [-0.05, 0) is 63.3 Å². The van der Waals surface area contributed by atoms with Crippen LogP contribution in [0.4, 0.5) is 0 Å². The monoisotopic (exact) mass is 480 g/mol. The Balaban J connectivity index is 1.85. The normalized spacial score (nSPS) is 15.1. The number of amides is 1. The van der Waals surface area contributed by atoms with Gasteiger partial charge in [-0.3, -0.25) is 9.59 Å². The molecule has 2 heterocycles. The molecule has 4 rings (SSSR count). The minimum absolute atomic E-state index is 0.0795. The van der Waals surface area contributed by atoms with Crippen LogP contribution in [0.2, 0.25) is 0 Å². The van der Waals surface area contributed by atoms with E-state index in [-0.39, 0.29) is 17.1 Å². The van der Waals surface area contributed by atoms with Crippen molar-refractivity contribution < 1.29 is 23.4 Å². The summed E-state index contributed by atoms with van der Waals surface area (Å²) >= 11 is 0. The van der Waals surface area contributed by atoms with Gasteiger partial charge in [0.05, 0.1) is 37.8 Å². The zero-order valence-electron chi connectivity index (χ0n) is 20.9. The van der Waals surface area contributed by atoms with E-state index in [1.807, 2.05) is 39.2 Å². The summed E-state index contributed by atoms with van der Waals surface area (Å²) < 4.78 is 22.7. The molecule has 2 aromatic carbocycles. The van der Waals surface area contributed by atoms with Crippen molar-refractivity contribution in [3.8, 4) is 17.2 Å². The zero-order chi connectivity index (χ0) is 25.1. The number of hydrogen-bond donors (Lipinski definition) is 0. The van der Waals surface area contributed by atoms with E-state index in [1.54, 1.807) is 37.3 Å². The quantitative estimate of drug-likeness (QED) is 0.432. The molecular formula is C27H32N2O6. The third kappa shape index (κ3) is 4.71. The Morgan fingerprint density at radius 1 is 1.03 bits per heavy atom. The summed E-state index contributed by atoms with van der Waals surface area (Å²) in [6, 6.07) is 10.0. The smallest absolute Gasteiger partial charge is 0.290 e. The van der Waals surface area contributed by atoms with E-state index >= 15 is 0 Å². The summed E-state index contributed by atoms with van der Waals surface area (Å²) in [6.07, 6.45) is 1.62. The molecule has 0 spiro atoms. The highest BCUT2D eigenvalue weighted by atomic mass is 16.5. The number of rotatable bonds is 10. The molecule has 1 aliphatic heterocycles. The van der Waals surface area contributed by atoms with E-state index in [4.69, 9.17) is 18.6 Å². The van der Waals surface area contributed by atoms with Crippen molar-refractivity contribution in [3.63, 3.8) is 0 Å². The number of carbonyl (C=O) groups excluding carboxylic acids is 1. The van der Waals surface area contributed by atoms with Crippen molar-refractivity contribution in [2.24, 2.45) is 0 Å². The first-order valence-corrected chi connectivity index (χ1v) is 11.8. The highest BCUT2D eigenvalue weighted by Gasteiger charge is 2.42. The Morgan fingerprint density at radius 3 is 2.51 bits per heavy atom. The Labute approximate surface area is 205 Å². The lowest BCUT2D eigenvalue weighted by Gasteiger charge is -2.26.